The number of hydrogen-bond acceptors (Lipinski definition) is 5. The Morgan fingerprint density at radius 2 is 1.46 bits per heavy atom. The second-order valence-corrected chi connectivity index (χ2v) is 8.24. The molecule has 3 aromatic carbocycles. The summed E-state index contributed by atoms with van der Waals surface area (Å²) in [6.07, 6.45) is -2.99. The molecule has 37 heavy (non-hydrogen) atoms. The highest BCUT2D eigenvalue weighted by atomic mass is 19.4. The molecule has 0 unspecified atom stereocenters. The van der Waals surface area contributed by atoms with Crippen molar-refractivity contribution in [3.63, 3.8) is 0 Å². The van der Waals surface area contributed by atoms with Crippen LogP contribution in [0.3, 0.4) is 0 Å². The number of benzene rings is 3. The van der Waals surface area contributed by atoms with Crippen LogP contribution in [-0.4, -0.2) is 28.7 Å². The van der Waals surface area contributed by atoms with Gasteiger partial charge in [0.05, 0.1) is 17.4 Å². The molecule has 1 aromatic heterocycles. The lowest BCUT2D eigenvalue weighted by molar-refractivity contribution is -0.137. The largest absolute Gasteiger partial charge is 0.508 e. The van der Waals surface area contributed by atoms with Crippen LogP contribution in [0, 0.1) is 0 Å². The Hall–Kier alpha value is -4.72. The van der Waals surface area contributed by atoms with Crippen molar-refractivity contribution >= 4 is 28.7 Å². The molecule has 0 amide bonds. The van der Waals surface area contributed by atoms with E-state index in [1.54, 1.807) is 48.3 Å². The van der Waals surface area contributed by atoms with Crippen molar-refractivity contribution in [2.75, 3.05) is 11.9 Å². The highest BCUT2D eigenvalue weighted by Crippen LogP contribution is 2.32. The van der Waals surface area contributed by atoms with Gasteiger partial charge in [-0.3, -0.25) is 14.6 Å². The van der Waals surface area contributed by atoms with Crippen LogP contribution in [0.1, 0.15) is 43.1 Å². The zero-order valence-corrected chi connectivity index (χ0v) is 19.7. The van der Waals surface area contributed by atoms with E-state index in [0.29, 0.717) is 16.9 Å². The van der Waals surface area contributed by atoms with E-state index >= 15 is 0 Å². The normalized spacial score (nSPS) is 11.1. The lowest BCUT2D eigenvalue weighted by atomic mass is 9.94. The zero-order valence-electron chi connectivity index (χ0n) is 19.7. The Labute approximate surface area is 211 Å². The molecule has 0 bridgehead atoms. The predicted molar refractivity (Wildman–Crippen MR) is 135 cm³/mol. The molecular weight excluding hydrogens is 481 g/mol. The van der Waals surface area contributed by atoms with Gasteiger partial charge < -0.3 is 10.0 Å². The smallest absolute Gasteiger partial charge is 0.416 e. The first kappa shape index (κ1) is 25.4. The molecule has 186 valence electrons. The molecule has 0 spiro atoms. The summed E-state index contributed by atoms with van der Waals surface area (Å²) < 4.78 is 38.5. The van der Waals surface area contributed by atoms with Gasteiger partial charge in [-0.1, -0.05) is 43.0 Å². The van der Waals surface area contributed by atoms with Gasteiger partial charge in [0.1, 0.15) is 11.5 Å². The maximum Gasteiger partial charge on any atom is 0.416 e. The first-order chi connectivity index (χ1) is 17.6. The number of rotatable bonds is 7. The molecule has 0 saturated heterocycles. The second kappa shape index (κ2) is 10.1. The standard InChI is InChI=1S/C29H21F3N2O3/c1-18(35)25-16-20(8-14-24(25)27(36)19-6-4-3-5-7-19)28(37)26-15-13-23(17-33-26)34(2)22-11-9-21(10-12-22)29(30,31)32/h3-17,35H,1H2,2H3. The van der Waals surface area contributed by atoms with Crippen LogP contribution in [0.25, 0.3) is 5.76 Å². The van der Waals surface area contributed by atoms with Crippen molar-refractivity contribution < 1.29 is 27.9 Å². The van der Waals surface area contributed by atoms with E-state index in [0.717, 1.165) is 12.1 Å². The highest BCUT2D eigenvalue weighted by molar-refractivity contribution is 6.13. The molecule has 0 radical (unpaired) electrons. The number of alkyl halides is 3. The number of pyridine rings is 1. The first-order valence-corrected chi connectivity index (χ1v) is 11.1. The Kier molecular flexibility index (Phi) is 6.93. The van der Waals surface area contributed by atoms with Crippen LogP contribution in [0.5, 0.6) is 0 Å². The highest BCUT2D eigenvalue weighted by Gasteiger charge is 2.30. The van der Waals surface area contributed by atoms with E-state index in [1.807, 2.05) is 0 Å². The summed E-state index contributed by atoms with van der Waals surface area (Å²) in [4.78, 5) is 31.8. The van der Waals surface area contributed by atoms with Crippen molar-refractivity contribution in [2.24, 2.45) is 0 Å². The molecule has 1 heterocycles. The molecule has 8 heteroatoms. The molecule has 0 aliphatic rings. The summed E-state index contributed by atoms with van der Waals surface area (Å²) in [5.74, 6) is -1.11. The maximum absolute atomic E-state index is 13.1. The first-order valence-electron chi connectivity index (χ1n) is 11.1. The predicted octanol–water partition coefficient (Wildman–Crippen LogP) is 6.86. The third-order valence-corrected chi connectivity index (χ3v) is 5.82. The number of ketones is 2. The Bertz CT molecular complexity index is 1460. The van der Waals surface area contributed by atoms with Gasteiger partial charge in [-0.05, 0) is 48.5 Å². The topological polar surface area (TPSA) is 70.5 Å². The number of carbonyl (C=O) groups excluding carboxylic acids is 2. The van der Waals surface area contributed by atoms with Crippen LogP contribution in [0.15, 0.2) is 97.7 Å². The van der Waals surface area contributed by atoms with Crippen molar-refractivity contribution in [2.45, 2.75) is 6.18 Å². The van der Waals surface area contributed by atoms with Crippen LogP contribution in [0.4, 0.5) is 24.5 Å². The molecular formula is C29H21F3N2O3. The van der Waals surface area contributed by atoms with E-state index in [1.165, 1.54) is 42.6 Å². The van der Waals surface area contributed by atoms with Gasteiger partial charge in [0, 0.05) is 35.0 Å². The fourth-order valence-corrected chi connectivity index (χ4v) is 3.76. The van der Waals surface area contributed by atoms with E-state index in [4.69, 9.17) is 0 Å². The summed E-state index contributed by atoms with van der Waals surface area (Å²) in [6.45, 7) is 3.52. The van der Waals surface area contributed by atoms with Gasteiger partial charge in [-0.25, -0.2) is 0 Å². The third kappa shape index (κ3) is 5.43. The number of aliphatic hydroxyl groups is 1. The lowest BCUT2D eigenvalue weighted by Gasteiger charge is -2.20. The van der Waals surface area contributed by atoms with Crippen LogP contribution < -0.4 is 4.90 Å². The van der Waals surface area contributed by atoms with Crippen molar-refractivity contribution in [1.82, 2.24) is 4.98 Å². The summed E-state index contributed by atoms with van der Waals surface area (Å²) in [5, 5.41) is 10.1. The number of aromatic nitrogens is 1. The molecule has 1 N–H and O–H groups in total. The fourth-order valence-electron chi connectivity index (χ4n) is 3.76. The lowest BCUT2D eigenvalue weighted by Crippen LogP contribution is -2.12. The van der Waals surface area contributed by atoms with Gasteiger partial charge >= 0.3 is 6.18 Å². The molecule has 0 fully saturated rings. The van der Waals surface area contributed by atoms with Crippen LogP contribution in [-0.2, 0) is 6.18 Å². The van der Waals surface area contributed by atoms with E-state index in [9.17, 15) is 27.9 Å². The minimum Gasteiger partial charge on any atom is -0.508 e. The monoisotopic (exact) mass is 502 g/mol. The number of anilines is 2. The molecule has 0 atom stereocenters. The summed E-state index contributed by atoms with van der Waals surface area (Å²) in [7, 11) is 1.67. The zero-order chi connectivity index (χ0) is 26.7. The number of carbonyl (C=O) groups is 2. The average molecular weight is 502 g/mol. The number of nitrogens with zero attached hydrogens (tertiary/aromatic N) is 2. The van der Waals surface area contributed by atoms with E-state index in [-0.39, 0.29) is 33.9 Å². The summed E-state index contributed by atoms with van der Waals surface area (Å²) in [5.41, 5.74) is 1.41. The molecule has 0 saturated carbocycles. The summed E-state index contributed by atoms with van der Waals surface area (Å²) >= 11 is 0. The minimum atomic E-state index is -4.42. The SMILES string of the molecule is C=C(O)c1cc(C(=O)c2ccc(N(C)c3ccc(C(F)(F)F)cc3)cn2)ccc1C(=O)c1ccccc1. The van der Waals surface area contributed by atoms with E-state index < -0.39 is 17.5 Å². The van der Waals surface area contributed by atoms with E-state index in [2.05, 4.69) is 11.6 Å². The molecule has 0 aliphatic heterocycles. The summed E-state index contributed by atoms with van der Waals surface area (Å²) in [6, 6.07) is 20.7. The third-order valence-electron chi connectivity index (χ3n) is 5.82. The molecule has 4 rings (SSSR count). The van der Waals surface area contributed by atoms with Crippen molar-refractivity contribution in [3.05, 3.63) is 131 Å². The van der Waals surface area contributed by atoms with Gasteiger partial charge in [-0.15, -0.1) is 0 Å². The Morgan fingerprint density at radius 3 is 2.03 bits per heavy atom. The van der Waals surface area contributed by atoms with Crippen molar-refractivity contribution in [3.8, 4) is 0 Å². The Morgan fingerprint density at radius 1 is 0.811 bits per heavy atom. The quantitative estimate of drug-likeness (QED) is 0.221. The van der Waals surface area contributed by atoms with Crippen LogP contribution >= 0.6 is 0 Å². The van der Waals surface area contributed by atoms with Crippen LogP contribution in [0.2, 0.25) is 0 Å². The van der Waals surface area contributed by atoms with Crippen molar-refractivity contribution in [1.29, 1.82) is 0 Å². The Balaban J connectivity index is 1.57. The number of aliphatic hydroxyl groups excluding tert-OH is 1. The second-order valence-electron chi connectivity index (χ2n) is 8.24. The molecule has 4 aromatic rings. The molecule has 5 nitrogen and oxygen atoms in total. The molecule has 0 aliphatic carbocycles. The number of halogens is 3. The minimum absolute atomic E-state index is 0.112. The number of hydrogen-bond donors (Lipinski definition) is 1. The van der Waals surface area contributed by atoms with Gasteiger partial charge in [-0.2, -0.15) is 13.2 Å². The maximum atomic E-state index is 13.1. The fraction of sp³-hybridized carbons (Fsp3) is 0.0690. The van der Waals surface area contributed by atoms with Gasteiger partial charge in [0.15, 0.2) is 5.78 Å². The van der Waals surface area contributed by atoms with Gasteiger partial charge in [0.25, 0.3) is 0 Å². The average Bonchev–Trinajstić information content (AvgIpc) is 2.91. The van der Waals surface area contributed by atoms with Gasteiger partial charge in [0.2, 0.25) is 5.78 Å².